The minimum Gasteiger partial charge on any atom is -0.354 e. The molecule has 1 fully saturated rings. The predicted octanol–water partition coefficient (Wildman–Crippen LogP) is 1.91. The fourth-order valence-electron chi connectivity index (χ4n) is 2.22. The van der Waals surface area contributed by atoms with E-state index in [0.717, 1.165) is 30.6 Å². The van der Waals surface area contributed by atoms with Crippen LogP contribution in [0.2, 0.25) is 0 Å². The van der Waals surface area contributed by atoms with Crippen LogP contribution >= 0.6 is 11.8 Å². The van der Waals surface area contributed by atoms with Crippen LogP contribution in [-0.4, -0.2) is 35.6 Å². The maximum Gasteiger partial charge on any atom is 0.131 e. The van der Waals surface area contributed by atoms with Crippen LogP contribution in [-0.2, 0) is 6.42 Å². The summed E-state index contributed by atoms with van der Waals surface area (Å²) < 4.78 is 0. The molecule has 2 heterocycles. The first kappa shape index (κ1) is 12.7. The highest BCUT2D eigenvalue weighted by Crippen LogP contribution is 2.26. The van der Waals surface area contributed by atoms with Gasteiger partial charge in [0.1, 0.15) is 5.82 Å². The Labute approximate surface area is 108 Å². The summed E-state index contributed by atoms with van der Waals surface area (Å²) in [4.78, 5) is 6.98. The average molecular weight is 251 g/mol. The van der Waals surface area contributed by atoms with E-state index in [0.29, 0.717) is 6.54 Å². The number of hydrogen-bond donors (Lipinski definition) is 1. The summed E-state index contributed by atoms with van der Waals surface area (Å²) >= 11 is 2.09. The summed E-state index contributed by atoms with van der Waals surface area (Å²) in [6, 6.07) is 4.16. The topological polar surface area (TPSA) is 42.2 Å². The van der Waals surface area contributed by atoms with Gasteiger partial charge in [-0.25, -0.2) is 4.98 Å². The molecule has 0 saturated carbocycles. The van der Waals surface area contributed by atoms with Crippen molar-refractivity contribution in [3.05, 3.63) is 23.9 Å². The third kappa shape index (κ3) is 3.13. The number of aromatic nitrogens is 1. The fraction of sp³-hybridized carbons (Fsp3) is 0.615. The molecule has 0 aromatic carbocycles. The van der Waals surface area contributed by atoms with Gasteiger partial charge in [0.2, 0.25) is 0 Å². The van der Waals surface area contributed by atoms with Crippen molar-refractivity contribution in [2.75, 3.05) is 30.3 Å². The van der Waals surface area contributed by atoms with Gasteiger partial charge in [-0.1, -0.05) is 13.0 Å². The summed E-state index contributed by atoms with van der Waals surface area (Å²) in [6.07, 6.45) is 4.04. The second-order valence-corrected chi connectivity index (χ2v) is 5.78. The van der Waals surface area contributed by atoms with Crippen molar-refractivity contribution < 1.29 is 0 Å². The molecule has 2 rings (SSSR count). The SMILES string of the molecule is CCC1CN(c2ncccc2CCN)CCS1. The van der Waals surface area contributed by atoms with Gasteiger partial charge >= 0.3 is 0 Å². The third-order valence-corrected chi connectivity index (χ3v) is 4.55. The molecule has 4 heteroatoms. The van der Waals surface area contributed by atoms with Crippen molar-refractivity contribution in [2.45, 2.75) is 25.0 Å². The lowest BCUT2D eigenvalue weighted by molar-refractivity contribution is 0.715. The fourth-order valence-corrected chi connectivity index (χ4v) is 3.40. The molecule has 17 heavy (non-hydrogen) atoms. The first-order valence-electron chi connectivity index (χ1n) is 6.35. The maximum atomic E-state index is 5.66. The normalized spacial score (nSPS) is 20.6. The Bertz CT molecular complexity index is 356. The van der Waals surface area contributed by atoms with Crippen molar-refractivity contribution >= 4 is 17.6 Å². The van der Waals surface area contributed by atoms with Crippen LogP contribution < -0.4 is 10.6 Å². The van der Waals surface area contributed by atoms with Crippen molar-refractivity contribution in [2.24, 2.45) is 5.73 Å². The van der Waals surface area contributed by atoms with Gasteiger partial charge in [-0.3, -0.25) is 0 Å². The Kier molecular flexibility index (Phi) is 4.68. The Balaban J connectivity index is 2.15. The molecule has 94 valence electrons. The van der Waals surface area contributed by atoms with E-state index in [2.05, 4.69) is 34.6 Å². The summed E-state index contributed by atoms with van der Waals surface area (Å²) in [6.45, 7) is 5.18. The van der Waals surface area contributed by atoms with Crippen molar-refractivity contribution in [3.63, 3.8) is 0 Å². The summed E-state index contributed by atoms with van der Waals surface area (Å²) in [5.41, 5.74) is 6.95. The van der Waals surface area contributed by atoms with Gasteiger partial charge in [0.05, 0.1) is 0 Å². The first-order valence-corrected chi connectivity index (χ1v) is 7.40. The molecule has 2 N–H and O–H groups in total. The molecule has 1 unspecified atom stereocenters. The van der Waals surface area contributed by atoms with Crippen LogP contribution in [0, 0.1) is 0 Å². The molecule has 1 saturated heterocycles. The van der Waals surface area contributed by atoms with Crippen LogP contribution in [0.5, 0.6) is 0 Å². The largest absolute Gasteiger partial charge is 0.354 e. The molecule has 0 spiro atoms. The lowest BCUT2D eigenvalue weighted by Crippen LogP contribution is -2.38. The van der Waals surface area contributed by atoms with Crippen molar-refractivity contribution in [1.82, 2.24) is 4.98 Å². The van der Waals surface area contributed by atoms with Crippen molar-refractivity contribution in [1.29, 1.82) is 0 Å². The van der Waals surface area contributed by atoms with Gasteiger partial charge in [-0.05, 0) is 31.0 Å². The molecule has 3 nitrogen and oxygen atoms in total. The van der Waals surface area contributed by atoms with E-state index in [-0.39, 0.29) is 0 Å². The lowest BCUT2D eigenvalue weighted by Gasteiger charge is -2.33. The maximum absolute atomic E-state index is 5.66. The van der Waals surface area contributed by atoms with Gasteiger partial charge in [-0.15, -0.1) is 0 Å². The number of thioether (sulfide) groups is 1. The Morgan fingerprint density at radius 1 is 1.59 bits per heavy atom. The molecular formula is C13H21N3S. The van der Waals surface area contributed by atoms with Crippen LogP contribution in [0.4, 0.5) is 5.82 Å². The van der Waals surface area contributed by atoms with Crippen molar-refractivity contribution in [3.8, 4) is 0 Å². The molecule has 1 aliphatic heterocycles. The average Bonchev–Trinajstić information content (AvgIpc) is 2.40. The van der Waals surface area contributed by atoms with Gasteiger partial charge in [0.25, 0.3) is 0 Å². The van der Waals surface area contributed by atoms with E-state index in [1.807, 2.05) is 12.3 Å². The van der Waals surface area contributed by atoms with E-state index in [1.54, 1.807) is 0 Å². The first-order chi connectivity index (χ1) is 8.35. The van der Waals surface area contributed by atoms with E-state index >= 15 is 0 Å². The number of hydrogen-bond acceptors (Lipinski definition) is 4. The zero-order chi connectivity index (χ0) is 12.1. The van der Waals surface area contributed by atoms with Crippen LogP contribution in [0.1, 0.15) is 18.9 Å². The highest BCUT2D eigenvalue weighted by atomic mass is 32.2. The predicted molar refractivity (Wildman–Crippen MR) is 75.7 cm³/mol. The molecule has 0 bridgehead atoms. The van der Waals surface area contributed by atoms with Crippen LogP contribution in [0.15, 0.2) is 18.3 Å². The monoisotopic (exact) mass is 251 g/mol. The zero-order valence-electron chi connectivity index (χ0n) is 10.4. The number of anilines is 1. The third-order valence-electron chi connectivity index (χ3n) is 3.17. The standard InChI is InChI=1S/C13H21N3S/c1-2-12-10-16(8-9-17-12)13-11(5-6-14)4-3-7-15-13/h3-4,7,12H,2,5-6,8-10,14H2,1H3. The van der Waals surface area contributed by atoms with E-state index in [1.165, 1.54) is 17.7 Å². The molecule has 1 aromatic rings. The summed E-state index contributed by atoms with van der Waals surface area (Å²) in [5, 5.41) is 0.747. The van der Waals surface area contributed by atoms with Gasteiger partial charge < -0.3 is 10.6 Å². The van der Waals surface area contributed by atoms with Gasteiger partial charge in [0, 0.05) is 30.3 Å². The minimum absolute atomic E-state index is 0.693. The Hall–Kier alpha value is -0.740. The Morgan fingerprint density at radius 2 is 2.47 bits per heavy atom. The lowest BCUT2D eigenvalue weighted by atomic mass is 10.1. The minimum atomic E-state index is 0.693. The summed E-state index contributed by atoms with van der Waals surface area (Å²) in [5.74, 6) is 2.36. The van der Waals surface area contributed by atoms with Crippen LogP contribution in [0.25, 0.3) is 0 Å². The Morgan fingerprint density at radius 3 is 3.24 bits per heavy atom. The molecule has 1 aliphatic rings. The summed E-state index contributed by atoms with van der Waals surface area (Å²) in [7, 11) is 0. The molecule has 1 atom stereocenters. The molecule has 0 aliphatic carbocycles. The molecule has 1 aromatic heterocycles. The number of pyridine rings is 1. The highest BCUT2D eigenvalue weighted by Gasteiger charge is 2.21. The number of rotatable bonds is 4. The quantitative estimate of drug-likeness (QED) is 0.887. The smallest absolute Gasteiger partial charge is 0.131 e. The van der Waals surface area contributed by atoms with Crippen LogP contribution in [0.3, 0.4) is 0 Å². The van der Waals surface area contributed by atoms with E-state index in [4.69, 9.17) is 5.73 Å². The number of nitrogens with zero attached hydrogens (tertiary/aromatic N) is 2. The molecular weight excluding hydrogens is 230 g/mol. The van der Waals surface area contributed by atoms with E-state index in [9.17, 15) is 0 Å². The van der Waals surface area contributed by atoms with Gasteiger partial charge in [-0.2, -0.15) is 11.8 Å². The van der Waals surface area contributed by atoms with E-state index < -0.39 is 0 Å². The highest BCUT2D eigenvalue weighted by molar-refractivity contribution is 8.00. The van der Waals surface area contributed by atoms with Gasteiger partial charge in [0.15, 0.2) is 0 Å². The number of nitrogens with two attached hydrogens (primary N) is 1. The zero-order valence-corrected chi connectivity index (χ0v) is 11.2. The molecule has 0 radical (unpaired) electrons. The second-order valence-electron chi connectivity index (χ2n) is 4.37. The molecule has 0 amide bonds. The second kappa shape index (κ2) is 6.26.